The van der Waals surface area contributed by atoms with Crippen LogP contribution in [0.3, 0.4) is 0 Å². The number of nitrogens with zero attached hydrogens (tertiary/aromatic N) is 2. The zero-order chi connectivity index (χ0) is 20.5. The molecule has 6 nitrogen and oxygen atoms in total. The number of sulfonamides is 1. The van der Waals surface area contributed by atoms with Crippen molar-refractivity contribution in [1.82, 2.24) is 4.90 Å². The van der Waals surface area contributed by atoms with Crippen LogP contribution >= 0.6 is 11.6 Å². The first-order valence-electron chi connectivity index (χ1n) is 9.03. The monoisotopic (exact) mass is 421 g/mol. The van der Waals surface area contributed by atoms with Crippen molar-refractivity contribution in [2.24, 2.45) is 0 Å². The number of carbonyl (C=O) groups excluding carboxylic acids is 1. The van der Waals surface area contributed by atoms with Gasteiger partial charge in [0, 0.05) is 37.6 Å². The molecule has 0 spiro atoms. The highest BCUT2D eigenvalue weighted by Crippen LogP contribution is 2.26. The lowest BCUT2D eigenvalue weighted by atomic mass is 10.1. The van der Waals surface area contributed by atoms with Crippen molar-refractivity contribution in [2.45, 2.75) is 13.8 Å². The summed E-state index contributed by atoms with van der Waals surface area (Å²) in [5, 5.41) is 0.232. The van der Waals surface area contributed by atoms with Crippen LogP contribution in [0.25, 0.3) is 0 Å². The van der Waals surface area contributed by atoms with Crippen molar-refractivity contribution in [2.75, 3.05) is 42.1 Å². The number of hydrogen-bond acceptors (Lipinski definition) is 4. The first-order valence-corrected chi connectivity index (χ1v) is 11.3. The highest BCUT2D eigenvalue weighted by Gasteiger charge is 2.24. The van der Waals surface area contributed by atoms with E-state index in [0.29, 0.717) is 24.3 Å². The van der Waals surface area contributed by atoms with Crippen LogP contribution in [-0.2, 0) is 10.0 Å². The molecule has 1 heterocycles. The summed E-state index contributed by atoms with van der Waals surface area (Å²) in [5.41, 5.74) is 4.44. The van der Waals surface area contributed by atoms with Crippen molar-refractivity contribution in [3.63, 3.8) is 0 Å². The molecule has 0 radical (unpaired) electrons. The van der Waals surface area contributed by atoms with Crippen molar-refractivity contribution < 1.29 is 13.2 Å². The van der Waals surface area contributed by atoms with Crippen molar-refractivity contribution >= 4 is 38.9 Å². The van der Waals surface area contributed by atoms with E-state index in [1.54, 1.807) is 17.0 Å². The van der Waals surface area contributed by atoms with Gasteiger partial charge in [-0.3, -0.25) is 9.52 Å². The van der Waals surface area contributed by atoms with Crippen LogP contribution in [0, 0.1) is 13.8 Å². The summed E-state index contributed by atoms with van der Waals surface area (Å²) in [6.45, 7) is 6.93. The van der Waals surface area contributed by atoms with E-state index in [0.717, 1.165) is 19.3 Å². The number of hydrogen-bond donors (Lipinski definition) is 1. The molecule has 8 heteroatoms. The summed E-state index contributed by atoms with van der Waals surface area (Å²) in [6, 6.07) is 10.8. The molecule has 28 heavy (non-hydrogen) atoms. The second kappa shape index (κ2) is 8.01. The van der Waals surface area contributed by atoms with E-state index in [-0.39, 0.29) is 10.9 Å². The minimum Gasteiger partial charge on any atom is -0.368 e. The van der Waals surface area contributed by atoms with Crippen LogP contribution in [0.4, 0.5) is 11.4 Å². The van der Waals surface area contributed by atoms with Gasteiger partial charge in [-0.05, 0) is 49.2 Å². The Morgan fingerprint density at radius 1 is 1.07 bits per heavy atom. The van der Waals surface area contributed by atoms with Crippen molar-refractivity contribution in [1.29, 1.82) is 0 Å². The Hall–Kier alpha value is -2.25. The summed E-state index contributed by atoms with van der Waals surface area (Å²) in [4.78, 5) is 16.9. The molecule has 1 aliphatic rings. The lowest BCUT2D eigenvalue weighted by Crippen LogP contribution is -2.49. The van der Waals surface area contributed by atoms with Gasteiger partial charge in [-0.15, -0.1) is 0 Å². The third kappa shape index (κ3) is 4.59. The number of halogens is 1. The Morgan fingerprint density at radius 2 is 1.75 bits per heavy atom. The fourth-order valence-corrected chi connectivity index (χ4v) is 4.18. The molecule has 0 aliphatic carbocycles. The molecule has 1 aliphatic heterocycles. The predicted octanol–water partition coefficient (Wildman–Crippen LogP) is 3.29. The summed E-state index contributed by atoms with van der Waals surface area (Å²) >= 11 is 6.24. The van der Waals surface area contributed by atoms with E-state index >= 15 is 0 Å². The molecule has 1 amide bonds. The number of anilines is 2. The van der Waals surface area contributed by atoms with Crippen LogP contribution in [0.2, 0.25) is 5.02 Å². The number of rotatable bonds is 4. The van der Waals surface area contributed by atoms with E-state index < -0.39 is 10.0 Å². The number of amides is 1. The van der Waals surface area contributed by atoms with Gasteiger partial charge in [-0.2, -0.15) is 0 Å². The fourth-order valence-electron chi connectivity index (χ4n) is 3.37. The van der Waals surface area contributed by atoms with E-state index in [2.05, 4.69) is 41.7 Å². The fraction of sp³-hybridized carbons (Fsp3) is 0.350. The molecular weight excluding hydrogens is 398 g/mol. The number of aryl methyl sites for hydroxylation is 1. The zero-order valence-electron chi connectivity index (χ0n) is 16.2. The normalized spacial score (nSPS) is 14.9. The smallest absolute Gasteiger partial charge is 0.255 e. The van der Waals surface area contributed by atoms with Crippen LogP contribution < -0.4 is 9.62 Å². The van der Waals surface area contributed by atoms with Gasteiger partial charge in [-0.1, -0.05) is 23.7 Å². The average molecular weight is 422 g/mol. The number of benzene rings is 2. The zero-order valence-corrected chi connectivity index (χ0v) is 17.8. The van der Waals surface area contributed by atoms with Gasteiger partial charge in [0.1, 0.15) is 0 Å². The molecule has 0 saturated carbocycles. The molecule has 1 fully saturated rings. The SMILES string of the molecule is Cc1cccc(N2CCN(C(=O)c3ccc(NS(C)(=O)=O)cc3Cl)CC2)c1C. The summed E-state index contributed by atoms with van der Waals surface area (Å²) in [5.74, 6) is -0.142. The van der Waals surface area contributed by atoms with Gasteiger partial charge < -0.3 is 9.80 Å². The van der Waals surface area contributed by atoms with Gasteiger partial charge in [-0.25, -0.2) is 8.42 Å². The van der Waals surface area contributed by atoms with Crippen LogP contribution in [0.5, 0.6) is 0 Å². The lowest BCUT2D eigenvalue weighted by Gasteiger charge is -2.37. The van der Waals surface area contributed by atoms with E-state index in [1.807, 2.05) is 0 Å². The largest absolute Gasteiger partial charge is 0.368 e. The van der Waals surface area contributed by atoms with Crippen molar-refractivity contribution in [3.8, 4) is 0 Å². The lowest BCUT2D eigenvalue weighted by molar-refractivity contribution is 0.0747. The maximum absolute atomic E-state index is 12.9. The van der Waals surface area contributed by atoms with E-state index in [1.165, 1.54) is 22.9 Å². The molecule has 2 aromatic rings. The number of nitrogens with one attached hydrogen (secondary N) is 1. The minimum atomic E-state index is -3.40. The maximum Gasteiger partial charge on any atom is 0.255 e. The van der Waals surface area contributed by atoms with Gasteiger partial charge >= 0.3 is 0 Å². The van der Waals surface area contributed by atoms with Gasteiger partial charge in [0.2, 0.25) is 10.0 Å². The molecular formula is C20H24ClN3O3S. The van der Waals surface area contributed by atoms with Gasteiger partial charge in [0.15, 0.2) is 0 Å². The Morgan fingerprint density at radius 3 is 2.36 bits per heavy atom. The first-order chi connectivity index (χ1) is 13.2. The third-order valence-electron chi connectivity index (χ3n) is 4.99. The quantitative estimate of drug-likeness (QED) is 0.822. The highest BCUT2D eigenvalue weighted by molar-refractivity contribution is 7.92. The van der Waals surface area contributed by atoms with Crippen LogP contribution in [0.1, 0.15) is 21.5 Å². The van der Waals surface area contributed by atoms with Crippen LogP contribution in [0.15, 0.2) is 36.4 Å². The Bertz CT molecular complexity index is 1000. The molecule has 0 atom stereocenters. The Kier molecular flexibility index (Phi) is 5.86. The topological polar surface area (TPSA) is 69.7 Å². The number of piperazine rings is 1. The second-order valence-electron chi connectivity index (χ2n) is 7.07. The standard InChI is InChI=1S/C20H24ClN3O3S/c1-14-5-4-6-19(15(14)2)23-9-11-24(12-10-23)20(25)17-8-7-16(13-18(17)21)22-28(3,26)27/h4-8,13,22H,9-12H2,1-3H3. The minimum absolute atomic E-state index is 0.142. The summed E-state index contributed by atoms with van der Waals surface area (Å²) < 4.78 is 25.0. The Balaban J connectivity index is 1.69. The second-order valence-corrected chi connectivity index (χ2v) is 9.22. The third-order valence-corrected chi connectivity index (χ3v) is 5.91. The van der Waals surface area contributed by atoms with Gasteiger partial charge in [0.25, 0.3) is 5.91 Å². The maximum atomic E-state index is 12.9. The predicted molar refractivity (Wildman–Crippen MR) is 114 cm³/mol. The molecule has 150 valence electrons. The first kappa shape index (κ1) is 20.5. The Labute approximate surface area is 171 Å². The molecule has 0 bridgehead atoms. The molecule has 1 N–H and O–H groups in total. The van der Waals surface area contributed by atoms with E-state index in [4.69, 9.17) is 11.6 Å². The number of carbonyl (C=O) groups is 1. The molecule has 0 unspecified atom stereocenters. The van der Waals surface area contributed by atoms with Gasteiger partial charge in [0.05, 0.1) is 16.8 Å². The highest BCUT2D eigenvalue weighted by atomic mass is 35.5. The molecule has 1 saturated heterocycles. The molecule has 0 aromatic heterocycles. The average Bonchev–Trinajstić information content (AvgIpc) is 2.62. The summed E-state index contributed by atoms with van der Waals surface area (Å²) in [6.07, 6.45) is 1.06. The molecule has 3 rings (SSSR count). The molecule has 2 aromatic carbocycles. The summed E-state index contributed by atoms with van der Waals surface area (Å²) in [7, 11) is -3.40. The van der Waals surface area contributed by atoms with E-state index in [9.17, 15) is 13.2 Å². The van der Waals surface area contributed by atoms with Crippen LogP contribution in [-0.4, -0.2) is 51.7 Å². The van der Waals surface area contributed by atoms with Crippen molar-refractivity contribution in [3.05, 3.63) is 58.1 Å².